The lowest BCUT2D eigenvalue weighted by molar-refractivity contribution is 0.140. The van der Waals surface area contributed by atoms with E-state index in [1.165, 1.54) is 64.6 Å². The molecule has 2 heteroatoms. The van der Waals surface area contributed by atoms with Crippen molar-refractivity contribution in [1.29, 1.82) is 0 Å². The number of nitrogens with zero attached hydrogens (tertiary/aromatic N) is 1. The molecule has 3 rings (SSSR count). The predicted molar refractivity (Wildman–Crippen MR) is 85.9 cm³/mol. The average molecular weight is 278 g/mol. The van der Waals surface area contributed by atoms with Crippen molar-refractivity contribution in [3.63, 3.8) is 0 Å². The molecule has 2 bridgehead atoms. The summed E-state index contributed by atoms with van der Waals surface area (Å²) in [6, 6.07) is 0. The Bertz CT molecular complexity index is 309. The minimum absolute atomic E-state index is 0.586. The first-order valence-corrected chi connectivity index (χ1v) is 9.10. The van der Waals surface area contributed by atoms with E-state index in [2.05, 4.69) is 24.2 Å². The SMILES string of the molecule is CCNCC1(CN(C)CC2CC3CCC2C3)CCCC1. The summed E-state index contributed by atoms with van der Waals surface area (Å²) in [7, 11) is 2.39. The molecule has 3 saturated carbocycles. The quantitative estimate of drug-likeness (QED) is 0.766. The number of fused-ring (bicyclic) bond motifs is 2. The first kappa shape index (κ1) is 14.8. The van der Waals surface area contributed by atoms with Gasteiger partial charge in [0.2, 0.25) is 0 Å². The Morgan fingerprint density at radius 3 is 2.55 bits per heavy atom. The topological polar surface area (TPSA) is 15.3 Å². The molecule has 0 spiro atoms. The van der Waals surface area contributed by atoms with Crippen LogP contribution in [-0.2, 0) is 0 Å². The molecule has 2 nitrogen and oxygen atoms in total. The average Bonchev–Trinajstić information content (AvgIpc) is 3.13. The van der Waals surface area contributed by atoms with Gasteiger partial charge < -0.3 is 10.2 Å². The molecule has 116 valence electrons. The largest absolute Gasteiger partial charge is 0.316 e. The highest BCUT2D eigenvalue weighted by Crippen LogP contribution is 2.48. The van der Waals surface area contributed by atoms with Gasteiger partial charge in [-0.1, -0.05) is 26.2 Å². The zero-order valence-electron chi connectivity index (χ0n) is 13.7. The Morgan fingerprint density at radius 2 is 1.95 bits per heavy atom. The second-order valence-corrected chi connectivity index (χ2v) is 8.12. The lowest BCUT2D eigenvalue weighted by Gasteiger charge is -2.36. The summed E-state index contributed by atoms with van der Waals surface area (Å²) in [5.74, 6) is 3.20. The van der Waals surface area contributed by atoms with Crippen molar-refractivity contribution < 1.29 is 0 Å². The molecule has 1 N–H and O–H groups in total. The third-order valence-corrected chi connectivity index (χ3v) is 6.45. The Kier molecular flexibility index (Phi) is 4.72. The van der Waals surface area contributed by atoms with E-state index in [0.717, 1.165) is 24.3 Å². The lowest BCUT2D eigenvalue weighted by atomic mass is 9.84. The van der Waals surface area contributed by atoms with Gasteiger partial charge in [-0.05, 0) is 68.9 Å². The molecule has 3 atom stereocenters. The summed E-state index contributed by atoms with van der Waals surface area (Å²) >= 11 is 0. The molecule has 0 amide bonds. The van der Waals surface area contributed by atoms with Crippen LogP contribution in [-0.4, -0.2) is 38.1 Å². The molecule has 3 aliphatic rings. The number of hydrogen-bond donors (Lipinski definition) is 1. The molecular formula is C18H34N2. The minimum atomic E-state index is 0.586. The fourth-order valence-corrected chi connectivity index (χ4v) is 5.54. The summed E-state index contributed by atoms with van der Waals surface area (Å²) in [4.78, 5) is 2.69. The molecule has 3 unspecified atom stereocenters. The van der Waals surface area contributed by atoms with Crippen LogP contribution in [0.15, 0.2) is 0 Å². The van der Waals surface area contributed by atoms with Crippen LogP contribution in [0.4, 0.5) is 0 Å². The molecule has 0 heterocycles. The lowest BCUT2D eigenvalue weighted by Crippen LogP contribution is -2.43. The normalized spacial score (nSPS) is 35.2. The predicted octanol–water partition coefficient (Wildman–Crippen LogP) is 3.52. The second kappa shape index (κ2) is 6.36. The maximum atomic E-state index is 3.63. The molecule has 3 aliphatic carbocycles. The third kappa shape index (κ3) is 3.22. The Labute approximate surface area is 125 Å². The second-order valence-electron chi connectivity index (χ2n) is 8.12. The Hall–Kier alpha value is -0.0800. The highest BCUT2D eigenvalue weighted by atomic mass is 15.1. The van der Waals surface area contributed by atoms with Crippen LogP contribution < -0.4 is 5.32 Å². The van der Waals surface area contributed by atoms with Crippen LogP contribution in [0.25, 0.3) is 0 Å². The molecule has 3 fully saturated rings. The van der Waals surface area contributed by atoms with Gasteiger partial charge in [-0.3, -0.25) is 0 Å². The molecule has 0 aromatic heterocycles. The van der Waals surface area contributed by atoms with Crippen molar-refractivity contribution in [2.75, 3.05) is 33.2 Å². The van der Waals surface area contributed by atoms with Crippen LogP contribution in [0.2, 0.25) is 0 Å². The summed E-state index contributed by atoms with van der Waals surface area (Å²) < 4.78 is 0. The van der Waals surface area contributed by atoms with E-state index in [1.54, 1.807) is 6.42 Å². The van der Waals surface area contributed by atoms with Gasteiger partial charge in [0.15, 0.2) is 0 Å². The maximum Gasteiger partial charge on any atom is 0.00472 e. The summed E-state index contributed by atoms with van der Waals surface area (Å²) in [6.45, 7) is 7.30. The Balaban J connectivity index is 1.50. The summed E-state index contributed by atoms with van der Waals surface area (Å²) in [5.41, 5.74) is 0.586. The molecule has 0 radical (unpaired) electrons. The van der Waals surface area contributed by atoms with Crippen LogP contribution in [0.1, 0.15) is 58.3 Å². The van der Waals surface area contributed by atoms with Gasteiger partial charge in [0, 0.05) is 19.6 Å². The van der Waals surface area contributed by atoms with Crippen molar-refractivity contribution in [3.8, 4) is 0 Å². The van der Waals surface area contributed by atoms with Crippen molar-refractivity contribution in [2.24, 2.45) is 23.2 Å². The fourth-order valence-electron chi connectivity index (χ4n) is 5.54. The van der Waals surface area contributed by atoms with E-state index in [-0.39, 0.29) is 0 Å². The van der Waals surface area contributed by atoms with E-state index in [4.69, 9.17) is 0 Å². The van der Waals surface area contributed by atoms with Crippen LogP contribution >= 0.6 is 0 Å². The van der Waals surface area contributed by atoms with Crippen LogP contribution in [0, 0.1) is 23.2 Å². The van der Waals surface area contributed by atoms with Crippen molar-refractivity contribution >= 4 is 0 Å². The fraction of sp³-hybridized carbons (Fsp3) is 1.00. The first-order valence-electron chi connectivity index (χ1n) is 9.10. The van der Waals surface area contributed by atoms with Crippen molar-refractivity contribution in [2.45, 2.75) is 58.3 Å². The van der Waals surface area contributed by atoms with Gasteiger partial charge in [0.1, 0.15) is 0 Å². The van der Waals surface area contributed by atoms with E-state index in [9.17, 15) is 0 Å². The molecule has 0 aromatic carbocycles. The first-order chi connectivity index (χ1) is 9.71. The summed E-state index contributed by atoms with van der Waals surface area (Å²) in [6.07, 6.45) is 12.0. The monoisotopic (exact) mass is 278 g/mol. The van der Waals surface area contributed by atoms with Gasteiger partial charge in [0.05, 0.1) is 0 Å². The molecule has 20 heavy (non-hydrogen) atoms. The van der Waals surface area contributed by atoms with E-state index in [0.29, 0.717) is 5.41 Å². The van der Waals surface area contributed by atoms with Gasteiger partial charge in [-0.2, -0.15) is 0 Å². The summed E-state index contributed by atoms with van der Waals surface area (Å²) in [5, 5.41) is 3.63. The molecule has 0 aliphatic heterocycles. The van der Waals surface area contributed by atoms with Crippen LogP contribution in [0.3, 0.4) is 0 Å². The zero-order chi connectivity index (χ0) is 14.0. The van der Waals surface area contributed by atoms with Gasteiger partial charge in [-0.15, -0.1) is 0 Å². The van der Waals surface area contributed by atoms with Crippen molar-refractivity contribution in [3.05, 3.63) is 0 Å². The third-order valence-electron chi connectivity index (χ3n) is 6.45. The van der Waals surface area contributed by atoms with Gasteiger partial charge in [-0.25, -0.2) is 0 Å². The van der Waals surface area contributed by atoms with E-state index < -0.39 is 0 Å². The van der Waals surface area contributed by atoms with Crippen molar-refractivity contribution in [1.82, 2.24) is 10.2 Å². The zero-order valence-corrected chi connectivity index (χ0v) is 13.7. The highest BCUT2D eigenvalue weighted by Gasteiger charge is 2.41. The van der Waals surface area contributed by atoms with E-state index in [1.807, 2.05) is 0 Å². The number of nitrogens with one attached hydrogen (secondary N) is 1. The molecule has 0 aromatic rings. The highest BCUT2D eigenvalue weighted by molar-refractivity contribution is 4.93. The molecule has 0 saturated heterocycles. The van der Waals surface area contributed by atoms with Gasteiger partial charge >= 0.3 is 0 Å². The maximum absolute atomic E-state index is 3.63. The Morgan fingerprint density at radius 1 is 1.15 bits per heavy atom. The van der Waals surface area contributed by atoms with E-state index >= 15 is 0 Å². The standard InChI is InChI=1S/C18H34N2/c1-3-19-13-18(8-4-5-9-18)14-20(2)12-17-11-15-6-7-16(17)10-15/h15-17,19H,3-14H2,1-2H3. The molecular weight excluding hydrogens is 244 g/mol. The number of hydrogen-bond acceptors (Lipinski definition) is 2. The number of rotatable bonds is 7. The van der Waals surface area contributed by atoms with Crippen LogP contribution in [0.5, 0.6) is 0 Å². The minimum Gasteiger partial charge on any atom is -0.316 e. The van der Waals surface area contributed by atoms with Gasteiger partial charge in [0.25, 0.3) is 0 Å². The smallest absolute Gasteiger partial charge is 0.00472 e.